The molecule has 2 nitrogen and oxygen atoms in total. The van der Waals surface area contributed by atoms with Gasteiger partial charge in [-0.25, -0.2) is 0 Å². The van der Waals surface area contributed by atoms with Crippen LogP contribution in [-0.4, -0.2) is 18.4 Å². The van der Waals surface area contributed by atoms with Crippen LogP contribution in [0.1, 0.15) is 35.3 Å². The smallest absolute Gasteiger partial charge is 0.182 e. The molecule has 0 fully saturated rings. The van der Waals surface area contributed by atoms with Crippen molar-refractivity contribution in [2.75, 3.05) is 11.4 Å². The third-order valence-electron chi connectivity index (χ3n) is 4.35. The van der Waals surface area contributed by atoms with Crippen LogP contribution in [0, 0.1) is 0 Å². The molecule has 2 heteroatoms. The lowest BCUT2D eigenvalue weighted by molar-refractivity contribution is 0.0997. The molecule has 21 heavy (non-hydrogen) atoms. The lowest BCUT2D eigenvalue weighted by Crippen LogP contribution is -2.34. The van der Waals surface area contributed by atoms with E-state index in [1.807, 2.05) is 18.2 Å². The topological polar surface area (TPSA) is 20.3 Å². The van der Waals surface area contributed by atoms with Gasteiger partial charge >= 0.3 is 0 Å². The van der Waals surface area contributed by atoms with Crippen LogP contribution in [0.4, 0.5) is 5.69 Å². The molecule has 0 amide bonds. The molecular weight excluding hydrogens is 258 g/mol. The summed E-state index contributed by atoms with van der Waals surface area (Å²) in [6.07, 6.45) is 2.03. The second-order valence-electron chi connectivity index (χ2n) is 5.78. The normalized spacial score (nSPS) is 16.9. The number of Topliss-reactive ketones (excluding diaryl/α,β-unsaturated/α-hetero) is 1. The molecule has 0 spiro atoms. The molecule has 2 aromatic carbocycles. The maximum atomic E-state index is 12.5. The Bertz CT molecular complexity index is 645. The minimum atomic E-state index is 0.196. The number of rotatable bonds is 4. The maximum absolute atomic E-state index is 12.5. The fourth-order valence-corrected chi connectivity index (χ4v) is 3.04. The van der Waals surface area contributed by atoms with Crippen molar-refractivity contribution in [1.82, 2.24) is 0 Å². The van der Waals surface area contributed by atoms with Gasteiger partial charge < -0.3 is 4.90 Å². The van der Waals surface area contributed by atoms with Crippen molar-refractivity contribution >= 4 is 11.5 Å². The number of ketones is 1. The van der Waals surface area contributed by atoms with Gasteiger partial charge in [0, 0.05) is 17.3 Å². The summed E-state index contributed by atoms with van der Waals surface area (Å²) in [4.78, 5) is 14.7. The maximum Gasteiger partial charge on any atom is 0.182 e. The molecule has 0 radical (unpaired) electrons. The van der Waals surface area contributed by atoms with Crippen molar-refractivity contribution in [2.24, 2.45) is 0 Å². The standard InChI is InChI=1S/C19H21NO/c1-3-15-8-10-16(11-9-15)19(21)13-20-14(2)12-17-6-4-5-7-18(17)20/h4-11,14H,3,12-13H2,1-2H3. The van der Waals surface area contributed by atoms with Crippen LogP contribution in [0.3, 0.4) is 0 Å². The third-order valence-corrected chi connectivity index (χ3v) is 4.35. The van der Waals surface area contributed by atoms with Gasteiger partial charge in [0.2, 0.25) is 0 Å². The molecule has 0 saturated heterocycles. The lowest BCUT2D eigenvalue weighted by atomic mass is 10.1. The predicted octanol–water partition coefficient (Wildman–Crippen LogP) is 3.88. The van der Waals surface area contributed by atoms with Crippen LogP contribution < -0.4 is 4.90 Å². The monoisotopic (exact) mass is 279 g/mol. The molecule has 1 atom stereocenters. The minimum Gasteiger partial charge on any atom is -0.361 e. The first-order valence-corrected chi connectivity index (χ1v) is 7.65. The second kappa shape index (κ2) is 5.72. The summed E-state index contributed by atoms with van der Waals surface area (Å²) < 4.78 is 0. The number of carbonyl (C=O) groups excluding carboxylic acids is 1. The Labute approximate surface area is 126 Å². The summed E-state index contributed by atoms with van der Waals surface area (Å²) in [5, 5.41) is 0. The number of para-hydroxylation sites is 1. The predicted molar refractivity (Wildman–Crippen MR) is 87.1 cm³/mol. The zero-order valence-electron chi connectivity index (χ0n) is 12.7. The number of anilines is 1. The Balaban J connectivity index is 1.78. The van der Waals surface area contributed by atoms with Gasteiger partial charge in [0.25, 0.3) is 0 Å². The molecule has 0 bridgehead atoms. The van der Waals surface area contributed by atoms with Crippen molar-refractivity contribution in [3.05, 3.63) is 65.2 Å². The first kappa shape index (κ1) is 13.9. The van der Waals surface area contributed by atoms with E-state index in [2.05, 4.69) is 49.1 Å². The molecular formula is C19H21NO. The third kappa shape index (κ3) is 2.71. The molecule has 1 unspecified atom stereocenters. The van der Waals surface area contributed by atoms with Gasteiger partial charge in [0.1, 0.15) is 0 Å². The Kier molecular flexibility index (Phi) is 3.78. The van der Waals surface area contributed by atoms with E-state index >= 15 is 0 Å². The Morgan fingerprint density at radius 1 is 1.14 bits per heavy atom. The number of benzene rings is 2. The first-order valence-electron chi connectivity index (χ1n) is 7.65. The van der Waals surface area contributed by atoms with Crippen molar-refractivity contribution in [1.29, 1.82) is 0 Å². The van der Waals surface area contributed by atoms with Crippen LogP contribution in [0.2, 0.25) is 0 Å². The molecule has 0 saturated carbocycles. The van der Waals surface area contributed by atoms with Crippen LogP contribution in [0.5, 0.6) is 0 Å². The summed E-state index contributed by atoms with van der Waals surface area (Å²) in [7, 11) is 0. The van der Waals surface area contributed by atoms with Crippen LogP contribution in [0.25, 0.3) is 0 Å². The Hall–Kier alpha value is -2.09. The molecule has 108 valence electrons. The summed E-state index contributed by atoms with van der Waals surface area (Å²) in [5.74, 6) is 0.196. The van der Waals surface area contributed by atoms with Gasteiger partial charge in [0.15, 0.2) is 5.78 Å². The van der Waals surface area contributed by atoms with Gasteiger partial charge in [-0.15, -0.1) is 0 Å². The lowest BCUT2D eigenvalue weighted by Gasteiger charge is -2.24. The SMILES string of the molecule is CCc1ccc(C(=O)CN2c3ccccc3CC2C)cc1. The van der Waals surface area contributed by atoms with Crippen molar-refractivity contribution in [3.63, 3.8) is 0 Å². The van der Waals surface area contributed by atoms with Crippen molar-refractivity contribution < 1.29 is 4.79 Å². The zero-order chi connectivity index (χ0) is 14.8. The average molecular weight is 279 g/mol. The fraction of sp³-hybridized carbons (Fsp3) is 0.316. The van der Waals surface area contributed by atoms with E-state index < -0.39 is 0 Å². The number of hydrogen-bond acceptors (Lipinski definition) is 2. The number of hydrogen-bond donors (Lipinski definition) is 0. The quantitative estimate of drug-likeness (QED) is 0.792. The largest absolute Gasteiger partial charge is 0.361 e. The van der Waals surface area contributed by atoms with Crippen molar-refractivity contribution in [2.45, 2.75) is 32.7 Å². The van der Waals surface area contributed by atoms with E-state index in [0.717, 1.165) is 18.4 Å². The summed E-state index contributed by atoms with van der Waals surface area (Å²) in [5.41, 5.74) is 4.64. The number of fused-ring (bicyclic) bond motifs is 1. The first-order chi connectivity index (χ1) is 10.2. The second-order valence-corrected chi connectivity index (χ2v) is 5.78. The van der Waals surface area contributed by atoms with E-state index in [1.165, 1.54) is 16.8 Å². The number of aryl methyl sites for hydroxylation is 1. The van der Waals surface area contributed by atoms with E-state index in [1.54, 1.807) is 0 Å². The van der Waals surface area contributed by atoms with Crippen LogP contribution >= 0.6 is 0 Å². The highest BCUT2D eigenvalue weighted by atomic mass is 16.1. The van der Waals surface area contributed by atoms with Gasteiger partial charge in [-0.05, 0) is 37.0 Å². The van der Waals surface area contributed by atoms with E-state index in [9.17, 15) is 4.79 Å². The van der Waals surface area contributed by atoms with E-state index in [4.69, 9.17) is 0 Å². The highest BCUT2D eigenvalue weighted by Crippen LogP contribution is 2.31. The minimum absolute atomic E-state index is 0.196. The van der Waals surface area contributed by atoms with Crippen LogP contribution in [-0.2, 0) is 12.8 Å². The Morgan fingerprint density at radius 2 is 1.86 bits per heavy atom. The highest BCUT2D eigenvalue weighted by molar-refractivity contribution is 5.99. The molecule has 1 aliphatic rings. The molecule has 0 aromatic heterocycles. The molecule has 0 aliphatic carbocycles. The van der Waals surface area contributed by atoms with Gasteiger partial charge in [-0.1, -0.05) is 49.4 Å². The molecule has 1 aliphatic heterocycles. The van der Waals surface area contributed by atoms with E-state index in [-0.39, 0.29) is 5.78 Å². The van der Waals surface area contributed by atoms with Gasteiger partial charge in [0.05, 0.1) is 6.54 Å². The zero-order valence-corrected chi connectivity index (χ0v) is 12.7. The van der Waals surface area contributed by atoms with Crippen LogP contribution in [0.15, 0.2) is 48.5 Å². The highest BCUT2D eigenvalue weighted by Gasteiger charge is 2.27. The van der Waals surface area contributed by atoms with Gasteiger partial charge in [-0.2, -0.15) is 0 Å². The molecule has 0 N–H and O–H groups in total. The van der Waals surface area contributed by atoms with E-state index in [0.29, 0.717) is 12.6 Å². The molecule has 2 aromatic rings. The molecule has 1 heterocycles. The summed E-state index contributed by atoms with van der Waals surface area (Å²) in [6.45, 7) is 4.77. The number of nitrogens with zero attached hydrogens (tertiary/aromatic N) is 1. The Morgan fingerprint density at radius 3 is 2.57 bits per heavy atom. The van der Waals surface area contributed by atoms with Crippen molar-refractivity contribution in [3.8, 4) is 0 Å². The summed E-state index contributed by atoms with van der Waals surface area (Å²) >= 11 is 0. The number of carbonyl (C=O) groups is 1. The summed E-state index contributed by atoms with van der Waals surface area (Å²) in [6, 6.07) is 16.8. The average Bonchev–Trinajstić information content (AvgIpc) is 2.83. The van der Waals surface area contributed by atoms with Gasteiger partial charge in [-0.3, -0.25) is 4.79 Å². The molecule has 3 rings (SSSR count). The fourth-order valence-electron chi connectivity index (χ4n) is 3.04.